The molecule has 0 aliphatic rings. The van der Waals surface area contributed by atoms with Crippen molar-refractivity contribution in [3.8, 4) is 0 Å². The molecule has 2 aromatic rings. The van der Waals surface area contributed by atoms with Gasteiger partial charge >= 0.3 is 11.9 Å². The van der Waals surface area contributed by atoms with Gasteiger partial charge in [0.2, 0.25) is 0 Å². The summed E-state index contributed by atoms with van der Waals surface area (Å²) >= 11 is 1.53. The van der Waals surface area contributed by atoms with Crippen molar-refractivity contribution >= 4 is 35.3 Å². The van der Waals surface area contributed by atoms with Gasteiger partial charge in [-0.15, -0.1) is 11.8 Å². The van der Waals surface area contributed by atoms with Crippen molar-refractivity contribution in [3.63, 3.8) is 0 Å². The molecule has 0 saturated carbocycles. The highest BCUT2D eigenvalue weighted by Gasteiger charge is 2.16. The molecule has 0 atom stereocenters. The lowest BCUT2D eigenvalue weighted by atomic mass is 10.1. The van der Waals surface area contributed by atoms with Gasteiger partial charge < -0.3 is 14.8 Å². The van der Waals surface area contributed by atoms with Crippen LogP contribution in [0.2, 0.25) is 0 Å². The molecular weight excluding hydrogens is 354 g/mol. The SMILES string of the molecule is COC(=O)c1cc(NC(=O)c2cc(SC)ccc2C)cc(C(=O)OC)c1. The molecule has 0 saturated heterocycles. The Bertz CT molecular complexity index is 829. The molecule has 2 aromatic carbocycles. The lowest BCUT2D eigenvalue weighted by molar-refractivity contribution is 0.0599. The molecule has 0 fully saturated rings. The van der Waals surface area contributed by atoms with Crippen molar-refractivity contribution < 1.29 is 23.9 Å². The highest BCUT2D eigenvalue weighted by molar-refractivity contribution is 7.98. The molecule has 0 spiro atoms. The van der Waals surface area contributed by atoms with Gasteiger partial charge in [-0.05, 0) is 49.1 Å². The maximum atomic E-state index is 12.7. The number of hydrogen-bond acceptors (Lipinski definition) is 6. The van der Waals surface area contributed by atoms with Crippen molar-refractivity contribution in [1.29, 1.82) is 0 Å². The molecule has 136 valence electrons. The molecule has 6 nitrogen and oxygen atoms in total. The summed E-state index contributed by atoms with van der Waals surface area (Å²) in [6.07, 6.45) is 1.93. The van der Waals surface area contributed by atoms with E-state index in [9.17, 15) is 14.4 Å². The summed E-state index contributed by atoms with van der Waals surface area (Å²) in [7, 11) is 2.48. The molecule has 1 N–H and O–H groups in total. The van der Waals surface area contributed by atoms with Crippen LogP contribution in [0.1, 0.15) is 36.6 Å². The van der Waals surface area contributed by atoms with E-state index in [0.717, 1.165) is 10.5 Å². The number of amides is 1. The number of rotatable bonds is 5. The first kappa shape index (κ1) is 19.5. The average molecular weight is 373 g/mol. The number of carbonyl (C=O) groups excluding carboxylic acids is 3. The van der Waals surface area contributed by atoms with Gasteiger partial charge in [-0.25, -0.2) is 9.59 Å². The predicted molar refractivity (Wildman–Crippen MR) is 100 cm³/mol. The average Bonchev–Trinajstić information content (AvgIpc) is 2.66. The largest absolute Gasteiger partial charge is 0.465 e. The van der Waals surface area contributed by atoms with Gasteiger partial charge in [-0.2, -0.15) is 0 Å². The number of anilines is 1. The fraction of sp³-hybridized carbons (Fsp3) is 0.211. The van der Waals surface area contributed by atoms with Gasteiger partial charge in [0.25, 0.3) is 5.91 Å². The van der Waals surface area contributed by atoms with Gasteiger partial charge in [0.15, 0.2) is 0 Å². The van der Waals surface area contributed by atoms with E-state index < -0.39 is 11.9 Å². The minimum atomic E-state index is -0.619. The first-order valence-corrected chi connectivity index (χ1v) is 8.89. The Kier molecular flexibility index (Phi) is 6.41. The highest BCUT2D eigenvalue weighted by atomic mass is 32.2. The van der Waals surface area contributed by atoms with E-state index in [-0.39, 0.29) is 17.0 Å². The first-order valence-electron chi connectivity index (χ1n) is 7.67. The molecule has 1 amide bonds. The number of thioether (sulfide) groups is 1. The molecule has 2 rings (SSSR count). The Hall–Kier alpha value is -2.80. The molecule has 0 unspecified atom stereocenters. The Labute approximate surface area is 155 Å². The van der Waals surface area contributed by atoms with E-state index in [2.05, 4.69) is 5.32 Å². The van der Waals surface area contributed by atoms with Crippen LogP contribution in [0.4, 0.5) is 5.69 Å². The minimum absolute atomic E-state index is 0.139. The quantitative estimate of drug-likeness (QED) is 0.638. The third kappa shape index (κ3) is 4.43. The van der Waals surface area contributed by atoms with Crippen molar-refractivity contribution in [2.75, 3.05) is 25.8 Å². The second-order valence-corrected chi connectivity index (χ2v) is 6.30. The van der Waals surface area contributed by atoms with Crippen LogP contribution in [0.15, 0.2) is 41.3 Å². The van der Waals surface area contributed by atoms with Crippen LogP contribution in [0.5, 0.6) is 0 Å². The summed E-state index contributed by atoms with van der Waals surface area (Å²) in [6.45, 7) is 1.84. The third-order valence-electron chi connectivity index (χ3n) is 3.72. The zero-order valence-electron chi connectivity index (χ0n) is 14.9. The Morgan fingerprint density at radius 1 is 0.923 bits per heavy atom. The van der Waals surface area contributed by atoms with Crippen LogP contribution in [0.25, 0.3) is 0 Å². The number of carbonyl (C=O) groups is 3. The van der Waals surface area contributed by atoms with Gasteiger partial charge in [0, 0.05) is 16.1 Å². The van der Waals surface area contributed by atoms with Crippen molar-refractivity contribution in [1.82, 2.24) is 0 Å². The van der Waals surface area contributed by atoms with Crippen LogP contribution in [0.3, 0.4) is 0 Å². The molecule has 0 heterocycles. The number of aryl methyl sites for hydroxylation is 1. The summed E-state index contributed by atoms with van der Waals surface area (Å²) in [4.78, 5) is 37.3. The molecule has 0 radical (unpaired) electrons. The number of ether oxygens (including phenoxy) is 2. The lowest BCUT2D eigenvalue weighted by Crippen LogP contribution is -2.15. The molecule has 26 heavy (non-hydrogen) atoms. The van der Waals surface area contributed by atoms with Gasteiger partial charge in [-0.1, -0.05) is 6.07 Å². The number of benzene rings is 2. The lowest BCUT2D eigenvalue weighted by Gasteiger charge is -2.11. The molecule has 0 aliphatic heterocycles. The predicted octanol–water partition coefficient (Wildman–Crippen LogP) is 3.54. The maximum absolute atomic E-state index is 12.7. The van der Waals surface area contributed by atoms with Crippen LogP contribution in [-0.2, 0) is 9.47 Å². The Morgan fingerprint density at radius 3 is 2.00 bits per heavy atom. The van der Waals surface area contributed by atoms with Gasteiger partial charge in [0.05, 0.1) is 25.3 Å². The number of hydrogen-bond donors (Lipinski definition) is 1. The smallest absolute Gasteiger partial charge is 0.337 e. The Balaban J connectivity index is 2.40. The second-order valence-electron chi connectivity index (χ2n) is 5.42. The zero-order chi connectivity index (χ0) is 19.3. The number of nitrogens with one attached hydrogen (secondary N) is 1. The molecular formula is C19H19NO5S. The van der Waals surface area contributed by atoms with E-state index >= 15 is 0 Å². The number of esters is 2. The monoisotopic (exact) mass is 373 g/mol. The summed E-state index contributed by atoms with van der Waals surface area (Å²) in [5, 5.41) is 2.73. The fourth-order valence-electron chi connectivity index (χ4n) is 2.34. The standard InChI is InChI=1S/C19H19NO5S/c1-11-5-6-15(26-4)10-16(11)17(21)20-14-8-12(18(22)24-2)7-13(9-14)19(23)25-3/h5-10H,1-4H3,(H,20,21). The van der Waals surface area contributed by atoms with Crippen LogP contribution >= 0.6 is 11.8 Å². The molecule has 0 aromatic heterocycles. The summed E-state index contributed by atoms with van der Waals surface area (Å²) in [6, 6.07) is 9.84. The minimum Gasteiger partial charge on any atom is -0.465 e. The highest BCUT2D eigenvalue weighted by Crippen LogP contribution is 2.22. The van der Waals surface area contributed by atoms with Crippen molar-refractivity contribution in [2.24, 2.45) is 0 Å². The van der Waals surface area contributed by atoms with Crippen LogP contribution in [-0.4, -0.2) is 38.3 Å². The second kappa shape index (κ2) is 8.53. The molecule has 0 aliphatic carbocycles. The van der Waals surface area contributed by atoms with Gasteiger partial charge in [0.1, 0.15) is 0 Å². The van der Waals surface area contributed by atoms with E-state index in [1.807, 2.05) is 25.3 Å². The maximum Gasteiger partial charge on any atom is 0.337 e. The Morgan fingerprint density at radius 2 is 1.50 bits per heavy atom. The normalized spacial score (nSPS) is 10.2. The van der Waals surface area contributed by atoms with E-state index in [1.54, 1.807) is 6.07 Å². The summed E-state index contributed by atoms with van der Waals surface area (Å²) < 4.78 is 9.38. The fourth-order valence-corrected chi connectivity index (χ4v) is 2.78. The van der Waals surface area contributed by atoms with Crippen molar-refractivity contribution in [3.05, 3.63) is 58.7 Å². The molecule has 0 bridgehead atoms. The van der Waals surface area contributed by atoms with Crippen LogP contribution in [0, 0.1) is 6.92 Å². The van der Waals surface area contributed by atoms with Crippen LogP contribution < -0.4 is 5.32 Å². The van der Waals surface area contributed by atoms with Gasteiger partial charge in [-0.3, -0.25) is 4.79 Å². The first-order chi connectivity index (χ1) is 12.4. The van der Waals surface area contributed by atoms with E-state index in [1.165, 1.54) is 44.2 Å². The summed E-state index contributed by atoms with van der Waals surface area (Å²) in [5.74, 6) is -1.57. The van der Waals surface area contributed by atoms with E-state index in [0.29, 0.717) is 11.3 Å². The van der Waals surface area contributed by atoms with E-state index in [4.69, 9.17) is 9.47 Å². The zero-order valence-corrected chi connectivity index (χ0v) is 15.7. The third-order valence-corrected chi connectivity index (χ3v) is 4.45. The molecule has 7 heteroatoms. The summed E-state index contributed by atoms with van der Waals surface area (Å²) in [5.41, 5.74) is 1.91. The van der Waals surface area contributed by atoms with Crippen molar-refractivity contribution in [2.45, 2.75) is 11.8 Å². The number of methoxy groups -OCH3 is 2. The topological polar surface area (TPSA) is 81.7 Å².